The van der Waals surface area contributed by atoms with Crippen molar-refractivity contribution >= 4 is 5.82 Å². The summed E-state index contributed by atoms with van der Waals surface area (Å²) in [6, 6.07) is 5.38. The van der Waals surface area contributed by atoms with Gasteiger partial charge in [0.05, 0.1) is 12.2 Å². The van der Waals surface area contributed by atoms with Gasteiger partial charge in [0.2, 0.25) is 0 Å². The molecule has 0 radical (unpaired) electrons. The van der Waals surface area contributed by atoms with Gasteiger partial charge in [-0.05, 0) is 19.1 Å². The first kappa shape index (κ1) is 15.6. The molecule has 0 N–H and O–H groups in total. The molecule has 23 heavy (non-hydrogen) atoms. The monoisotopic (exact) mass is 313 g/mol. The Balaban J connectivity index is 1.67. The Morgan fingerprint density at radius 1 is 1.22 bits per heavy atom. The van der Waals surface area contributed by atoms with Crippen molar-refractivity contribution < 1.29 is 0 Å². The Labute approximate surface area is 136 Å². The normalized spacial score (nSPS) is 15.6. The van der Waals surface area contributed by atoms with Gasteiger partial charge in [0.15, 0.2) is 0 Å². The second kappa shape index (κ2) is 5.76. The number of aryl methyl sites for hydroxylation is 1. The summed E-state index contributed by atoms with van der Waals surface area (Å²) in [6.45, 7) is 10.6. The van der Waals surface area contributed by atoms with Crippen LogP contribution in [0, 0.1) is 12.8 Å². The highest BCUT2D eigenvalue weighted by atomic mass is 16.1. The average molecular weight is 313 g/mol. The Bertz CT molecular complexity index is 756. The van der Waals surface area contributed by atoms with Gasteiger partial charge in [-0.2, -0.15) is 5.10 Å². The second-order valence-electron chi connectivity index (χ2n) is 7.22. The number of rotatable bonds is 3. The predicted octanol–water partition coefficient (Wildman–Crippen LogP) is 1.78. The van der Waals surface area contributed by atoms with Gasteiger partial charge in [-0.25, -0.2) is 14.6 Å². The summed E-state index contributed by atoms with van der Waals surface area (Å²) in [6.07, 6.45) is 1.78. The van der Waals surface area contributed by atoms with Gasteiger partial charge in [-0.15, -0.1) is 0 Å². The highest BCUT2D eigenvalue weighted by Crippen LogP contribution is 2.23. The van der Waals surface area contributed by atoms with E-state index in [0.717, 1.165) is 30.4 Å². The number of anilines is 1. The predicted molar refractivity (Wildman–Crippen MR) is 89.7 cm³/mol. The second-order valence-corrected chi connectivity index (χ2v) is 7.22. The third-order valence-corrected chi connectivity index (χ3v) is 4.11. The van der Waals surface area contributed by atoms with Gasteiger partial charge in [0.25, 0.3) is 5.56 Å². The van der Waals surface area contributed by atoms with E-state index in [0.29, 0.717) is 12.5 Å². The average Bonchev–Trinajstić information content (AvgIpc) is 2.42. The quantitative estimate of drug-likeness (QED) is 0.864. The van der Waals surface area contributed by atoms with E-state index in [1.54, 1.807) is 16.9 Å². The van der Waals surface area contributed by atoms with Gasteiger partial charge in [-0.3, -0.25) is 4.79 Å². The van der Waals surface area contributed by atoms with Crippen LogP contribution in [0.2, 0.25) is 0 Å². The zero-order valence-electron chi connectivity index (χ0n) is 14.2. The highest BCUT2D eigenvalue weighted by Gasteiger charge is 2.29. The van der Waals surface area contributed by atoms with E-state index in [1.165, 1.54) is 0 Å². The van der Waals surface area contributed by atoms with Crippen molar-refractivity contribution in [2.24, 2.45) is 5.92 Å². The van der Waals surface area contributed by atoms with Crippen LogP contribution in [-0.4, -0.2) is 32.8 Å². The van der Waals surface area contributed by atoms with Crippen LogP contribution in [0.15, 0.2) is 29.2 Å². The smallest absolute Gasteiger partial charge is 0.266 e. The maximum atomic E-state index is 12.0. The molecule has 2 aromatic heterocycles. The summed E-state index contributed by atoms with van der Waals surface area (Å²) in [7, 11) is 0. The minimum absolute atomic E-state index is 0.0330. The number of aromatic nitrogens is 4. The molecular formula is C17H23N5O. The number of nitrogens with zero attached hydrogens (tertiary/aromatic N) is 5. The molecule has 0 spiro atoms. The zero-order valence-corrected chi connectivity index (χ0v) is 14.2. The minimum Gasteiger partial charge on any atom is -0.356 e. The van der Waals surface area contributed by atoms with Gasteiger partial charge in [0.1, 0.15) is 11.6 Å². The third kappa shape index (κ3) is 3.41. The molecule has 6 heteroatoms. The van der Waals surface area contributed by atoms with E-state index in [1.807, 2.05) is 19.1 Å². The summed E-state index contributed by atoms with van der Waals surface area (Å²) in [4.78, 5) is 22.8. The van der Waals surface area contributed by atoms with Crippen LogP contribution in [0.5, 0.6) is 0 Å². The maximum Gasteiger partial charge on any atom is 0.266 e. The zero-order chi connectivity index (χ0) is 16.6. The van der Waals surface area contributed by atoms with Crippen LogP contribution in [0.25, 0.3) is 0 Å². The van der Waals surface area contributed by atoms with E-state index in [-0.39, 0.29) is 11.0 Å². The largest absolute Gasteiger partial charge is 0.356 e. The lowest BCUT2D eigenvalue weighted by atomic mass is 9.92. The molecule has 122 valence electrons. The molecule has 3 heterocycles. The van der Waals surface area contributed by atoms with E-state index >= 15 is 0 Å². The van der Waals surface area contributed by atoms with E-state index in [2.05, 4.69) is 40.7 Å². The van der Waals surface area contributed by atoms with Crippen molar-refractivity contribution in [3.8, 4) is 0 Å². The lowest BCUT2D eigenvalue weighted by molar-refractivity contribution is 0.327. The van der Waals surface area contributed by atoms with Crippen LogP contribution >= 0.6 is 0 Å². The lowest BCUT2D eigenvalue weighted by Gasteiger charge is -2.40. The summed E-state index contributed by atoms with van der Waals surface area (Å²) in [5.41, 5.74) is 0.855. The fourth-order valence-electron chi connectivity index (χ4n) is 2.72. The van der Waals surface area contributed by atoms with Crippen LogP contribution in [-0.2, 0) is 12.0 Å². The van der Waals surface area contributed by atoms with Gasteiger partial charge < -0.3 is 4.90 Å². The van der Waals surface area contributed by atoms with Crippen LogP contribution in [0.1, 0.15) is 32.3 Å². The van der Waals surface area contributed by atoms with Crippen molar-refractivity contribution in [3.05, 3.63) is 46.3 Å². The van der Waals surface area contributed by atoms with Crippen molar-refractivity contribution in [2.45, 2.75) is 39.7 Å². The summed E-state index contributed by atoms with van der Waals surface area (Å²) in [5, 5.41) is 4.54. The molecule has 0 saturated carbocycles. The van der Waals surface area contributed by atoms with Gasteiger partial charge in [-0.1, -0.05) is 20.8 Å². The first-order valence-electron chi connectivity index (χ1n) is 7.96. The molecule has 0 unspecified atom stereocenters. The van der Waals surface area contributed by atoms with Crippen molar-refractivity contribution in [2.75, 3.05) is 18.0 Å². The van der Waals surface area contributed by atoms with Gasteiger partial charge in [0, 0.05) is 36.7 Å². The lowest BCUT2D eigenvalue weighted by Crippen LogP contribution is -2.50. The molecule has 0 aliphatic carbocycles. The van der Waals surface area contributed by atoms with Crippen LogP contribution < -0.4 is 10.5 Å². The molecule has 6 nitrogen and oxygen atoms in total. The number of hydrogen-bond acceptors (Lipinski definition) is 5. The van der Waals surface area contributed by atoms with Crippen molar-refractivity contribution in [1.82, 2.24) is 19.7 Å². The number of hydrogen-bond donors (Lipinski definition) is 0. The van der Waals surface area contributed by atoms with Crippen LogP contribution in [0.4, 0.5) is 5.82 Å². The van der Waals surface area contributed by atoms with E-state index in [9.17, 15) is 4.79 Å². The van der Waals surface area contributed by atoms with E-state index < -0.39 is 0 Å². The Morgan fingerprint density at radius 2 is 1.96 bits per heavy atom. The molecule has 1 saturated heterocycles. The molecule has 3 rings (SSSR count). The van der Waals surface area contributed by atoms with E-state index in [4.69, 9.17) is 0 Å². The molecule has 1 fully saturated rings. The fraction of sp³-hybridized carbons (Fsp3) is 0.529. The SMILES string of the molecule is Cc1nccc(N2CC(Cn3nc(C(C)(C)C)ccc3=O)C2)n1. The molecule has 0 bridgehead atoms. The third-order valence-electron chi connectivity index (χ3n) is 4.11. The fourth-order valence-corrected chi connectivity index (χ4v) is 2.72. The molecule has 1 aliphatic rings. The highest BCUT2D eigenvalue weighted by molar-refractivity contribution is 5.40. The molecule has 1 aliphatic heterocycles. The summed E-state index contributed by atoms with van der Waals surface area (Å²) < 4.78 is 1.60. The Hall–Kier alpha value is -2.24. The Kier molecular flexibility index (Phi) is 3.92. The molecule has 2 aromatic rings. The summed E-state index contributed by atoms with van der Waals surface area (Å²) >= 11 is 0. The molecule has 0 aromatic carbocycles. The van der Waals surface area contributed by atoms with Crippen molar-refractivity contribution in [1.29, 1.82) is 0 Å². The molecule has 0 amide bonds. The van der Waals surface area contributed by atoms with Crippen LogP contribution in [0.3, 0.4) is 0 Å². The standard InChI is InChI=1S/C17H23N5O/c1-12-18-8-7-15(19-12)21-9-13(10-21)11-22-16(23)6-5-14(20-22)17(2,3)4/h5-8,13H,9-11H2,1-4H3. The first-order chi connectivity index (χ1) is 10.8. The molecule has 0 atom stereocenters. The van der Waals surface area contributed by atoms with Crippen molar-refractivity contribution in [3.63, 3.8) is 0 Å². The summed E-state index contributed by atoms with van der Waals surface area (Å²) in [5.74, 6) is 2.16. The maximum absolute atomic E-state index is 12.0. The minimum atomic E-state index is -0.0560. The first-order valence-corrected chi connectivity index (χ1v) is 7.96. The topological polar surface area (TPSA) is 63.9 Å². The Morgan fingerprint density at radius 3 is 2.61 bits per heavy atom. The van der Waals surface area contributed by atoms with Gasteiger partial charge >= 0.3 is 0 Å². The molecular weight excluding hydrogens is 290 g/mol.